The molecular formula is C9H15NO2. The molecule has 2 rings (SSSR count). The van der Waals surface area contributed by atoms with Crippen molar-refractivity contribution in [3.8, 4) is 0 Å². The van der Waals surface area contributed by atoms with Crippen molar-refractivity contribution in [3.63, 3.8) is 0 Å². The number of hydrogen-bond donors (Lipinski definition) is 1. The molecule has 2 aliphatic rings. The Hall–Kier alpha value is -0.410. The molecule has 0 aromatic heterocycles. The van der Waals surface area contributed by atoms with E-state index in [1.807, 2.05) is 6.92 Å². The maximum atomic E-state index is 11.4. The van der Waals surface area contributed by atoms with Gasteiger partial charge in [-0.05, 0) is 19.8 Å². The molecule has 0 aliphatic carbocycles. The van der Waals surface area contributed by atoms with Gasteiger partial charge in [-0.1, -0.05) is 0 Å². The van der Waals surface area contributed by atoms with Crippen LogP contribution in [0.5, 0.6) is 0 Å². The van der Waals surface area contributed by atoms with E-state index in [0.717, 1.165) is 12.8 Å². The average Bonchev–Trinajstić information content (AvgIpc) is 2.23. The largest absolute Gasteiger partial charge is 0.367 e. The van der Waals surface area contributed by atoms with E-state index in [0.29, 0.717) is 25.2 Å². The second-order valence-electron chi connectivity index (χ2n) is 4.33. The van der Waals surface area contributed by atoms with Crippen molar-refractivity contribution in [3.05, 3.63) is 0 Å². The van der Waals surface area contributed by atoms with Crippen LogP contribution in [0.15, 0.2) is 0 Å². The summed E-state index contributed by atoms with van der Waals surface area (Å²) < 4.78 is 5.85. The molecule has 0 aromatic carbocycles. The van der Waals surface area contributed by atoms with Gasteiger partial charge in [-0.25, -0.2) is 0 Å². The van der Waals surface area contributed by atoms with Gasteiger partial charge in [0.15, 0.2) is 0 Å². The maximum absolute atomic E-state index is 11.4. The van der Waals surface area contributed by atoms with Gasteiger partial charge in [0.2, 0.25) is 0 Å². The summed E-state index contributed by atoms with van der Waals surface area (Å²) in [6.07, 6.45) is 3.04. The molecule has 2 bridgehead atoms. The molecule has 0 radical (unpaired) electrons. The summed E-state index contributed by atoms with van der Waals surface area (Å²) in [5.41, 5.74) is 5.12. The number of fused-ring (bicyclic) bond motifs is 2. The van der Waals surface area contributed by atoms with Crippen molar-refractivity contribution in [2.24, 2.45) is 5.73 Å². The smallest absolute Gasteiger partial charge is 0.138 e. The fourth-order valence-electron chi connectivity index (χ4n) is 2.42. The summed E-state index contributed by atoms with van der Waals surface area (Å²) in [6.45, 7) is 2.50. The van der Waals surface area contributed by atoms with Crippen molar-refractivity contribution in [1.29, 1.82) is 0 Å². The molecule has 2 saturated heterocycles. The normalized spacial score (nSPS) is 46.7. The number of ether oxygens (including phenoxy) is 1. The molecule has 12 heavy (non-hydrogen) atoms. The highest BCUT2D eigenvalue weighted by molar-refractivity contribution is 5.81. The summed E-state index contributed by atoms with van der Waals surface area (Å²) in [5, 5.41) is 0. The Morgan fingerprint density at radius 3 is 2.92 bits per heavy atom. The van der Waals surface area contributed by atoms with Gasteiger partial charge in [-0.3, -0.25) is 4.79 Å². The third kappa shape index (κ3) is 1.08. The zero-order chi connectivity index (χ0) is 8.82. The lowest BCUT2D eigenvalue weighted by Crippen LogP contribution is -2.47. The Labute approximate surface area is 72.3 Å². The number of Topliss-reactive ketones (excluding diaryl/α,β-unsaturated/α-hetero) is 1. The topological polar surface area (TPSA) is 52.3 Å². The molecule has 2 aliphatic heterocycles. The van der Waals surface area contributed by atoms with E-state index in [1.54, 1.807) is 0 Å². The van der Waals surface area contributed by atoms with Crippen LogP contribution in [0, 0.1) is 0 Å². The highest BCUT2D eigenvalue weighted by Crippen LogP contribution is 2.45. The minimum Gasteiger partial charge on any atom is -0.367 e. The minimum absolute atomic E-state index is 0.200. The lowest BCUT2D eigenvalue weighted by molar-refractivity contribution is -0.154. The molecule has 0 saturated carbocycles. The summed E-state index contributed by atoms with van der Waals surface area (Å²) in [4.78, 5) is 11.4. The van der Waals surface area contributed by atoms with Gasteiger partial charge in [0.25, 0.3) is 0 Å². The summed E-state index contributed by atoms with van der Waals surface area (Å²) >= 11 is 0. The fraction of sp³-hybridized carbons (Fsp3) is 0.889. The molecule has 3 nitrogen and oxygen atoms in total. The molecule has 2 atom stereocenters. The van der Waals surface area contributed by atoms with Crippen LogP contribution in [-0.2, 0) is 9.53 Å². The Bertz CT molecular complexity index is 229. The fourth-order valence-corrected chi connectivity index (χ4v) is 2.42. The van der Waals surface area contributed by atoms with Gasteiger partial charge < -0.3 is 10.5 Å². The molecule has 2 fully saturated rings. The zero-order valence-electron chi connectivity index (χ0n) is 7.43. The van der Waals surface area contributed by atoms with Gasteiger partial charge in [-0.2, -0.15) is 0 Å². The monoisotopic (exact) mass is 169 g/mol. The highest BCUT2D eigenvalue weighted by Gasteiger charge is 2.51. The summed E-state index contributed by atoms with van der Waals surface area (Å²) in [6, 6.07) is 0. The van der Waals surface area contributed by atoms with E-state index in [-0.39, 0.29) is 11.2 Å². The van der Waals surface area contributed by atoms with Crippen LogP contribution in [0.4, 0.5) is 0 Å². The second-order valence-corrected chi connectivity index (χ2v) is 4.33. The van der Waals surface area contributed by atoms with Crippen molar-refractivity contribution >= 4 is 5.78 Å². The van der Waals surface area contributed by atoms with Gasteiger partial charge >= 0.3 is 0 Å². The molecule has 0 spiro atoms. The third-order valence-corrected chi connectivity index (χ3v) is 3.03. The maximum Gasteiger partial charge on any atom is 0.138 e. The molecule has 0 amide bonds. The molecule has 2 heterocycles. The molecule has 3 heteroatoms. The van der Waals surface area contributed by atoms with E-state index in [1.165, 1.54) is 0 Å². The Balaban J connectivity index is 2.26. The Morgan fingerprint density at radius 2 is 2.25 bits per heavy atom. The zero-order valence-corrected chi connectivity index (χ0v) is 7.43. The van der Waals surface area contributed by atoms with Crippen molar-refractivity contribution < 1.29 is 9.53 Å². The minimum atomic E-state index is -0.302. The predicted molar refractivity (Wildman–Crippen MR) is 44.8 cm³/mol. The number of ketones is 1. The number of hydrogen-bond acceptors (Lipinski definition) is 3. The first-order valence-corrected chi connectivity index (χ1v) is 4.50. The van der Waals surface area contributed by atoms with Crippen LogP contribution < -0.4 is 5.73 Å². The first-order chi connectivity index (χ1) is 5.58. The Kier molecular flexibility index (Phi) is 1.57. The van der Waals surface area contributed by atoms with Crippen molar-refractivity contribution in [2.45, 2.75) is 43.8 Å². The predicted octanol–water partition coefficient (Wildman–Crippen LogP) is 0.616. The number of nitrogens with two attached hydrogens (primary N) is 1. The van der Waals surface area contributed by atoms with E-state index < -0.39 is 0 Å². The summed E-state index contributed by atoms with van der Waals surface area (Å²) in [5.74, 6) is 0.312. The standard InChI is InChI=1S/C9H15NO2/c1-8-2-3-9(6-10,12-8)5-7(11)4-8/h2-6,10H2,1H3/t8-,9-/m0/s1. The average molecular weight is 169 g/mol. The third-order valence-electron chi connectivity index (χ3n) is 3.03. The van der Waals surface area contributed by atoms with Gasteiger partial charge in [0, 0.05) is 19.4 Å². The summed E-state index contributed by atoms with van der Waals surface area (Å²) in [7, 11) is 0. The van der Waals surface area contributed by atoms with Crippen molar-refractivity contribution in [2.75, 3.05) is 6.54 Å². The number of rotatable bonds is 1. The van der Waals surface area contributed by atoms with Crippen LogP contribution in [0.2, 0.25) is 0 Å². The van der Waals surface area contributed by atoms with Crippen LogP contribution >= 0.6 is 0 Å². The van der Waals surface area contributed by atoms with Crippen LogP contribution in [-0.4, -0.2) is 23.5 Å². The molecule has 0 unspecified atom stereocenters. The van der Waals surface area contributed by atoms with Crippen molar-refractivity contribution in [1.82, 2.24) is 0 Å². The molecule has 68 valence electrons. The van der Waals surface area contributed by atoms with E-state index in [9.17, 15) is 4.79 Å². The first kappa shape index (κ1) is 8.20. The second kappa shape index (κ2) is 2.30. The van der Waals surface area contributed by atoms with E-state index >= 15 is 0 Å². The molecule has 2 N–H and O–H groups in total. The quantitative estimate of drug-likeness (QED) is 0.626. The number of carbonyl (C=O) groups is 1. The number of carbonyl (C=O) groups excluding carboxylic acids is 1. The Morgan fingerprint density at radius 1 is 1.50 bits per heavy atom. The lowest BCUT2D eigenvalue weighted by Gasteiger charge is -2.36. The van der Waals surface area contributed by atoms with Crippen LogP contribution in [0.25, 0.3) is 0 Å². The van der Waals surface area contributed by atoms with Gasteiger partial charge in [0.05, 0.1) is 11.2 Å². The SMILES string of the molecule is C[C@]12CC[C@@](CN)(CC(=O)C1)O2. The van der Waals surface area contributed by atoms with Gasteiger partial charge in [-0.15, -0.1) is 0 Å². The van der Waals surface area contributed by atoms with E-state index in [4.69, 9.17) is 10.5 Å². The van der Waals surface area contributed by atoms with E-state index in [2.05, 4.69) is 0 Å². The molecule has 0 aromatic rings. The molecular weight excluding hydrogens is 154 g/mol. The van der Waals surface area contributed by atoms with Crippen LogP contribution in [0.1, 0.15) is 32.6 Å². The lowest BCUT2D eigenvalue weighted by atomic mass is 9.93. The first-order valence-electron chi connectivity index (χ1n) is 4.50. The van der Waals surface area contributed by atoms with Crippen LogP contribution in [0.3, 0.4) is 0 Å². The highest BCUT2D eigenvalue weighted by atomic mass is 16.5. The van der Waals surface area contributed by atoms with Gasteiger partial charge in [0.1, 0.15) is 5.78 Å².